The van der Waals surface area contributed by atoms with Gasteiger partial charge in [0.15, 0.2) is 5.82 Å². The molecule has 4 rings (SSSR count). The number of piperazine rings is 1. The molecule has 1 aliphatic heterocycles. The van der Waals surface area contributed by atoms with Gasteiger partial charge in [-0.3, -0.25) is 9.69 Å². The molecule has 2 aromatic rings. The minimum absolute atomic E-state index is 0.0475. The third-order valence-electron chi connectivity index (χ3n) is 8.10. The molecule has 1 amide bonds. The van der Waals surface area contributed by atoms with Crippen LogP contribution in [0.1, 0.15) is 48.9 Å². The summed E-state index contributed by atoms with van der Waals surface area (Å²) < 4.78 is 27.8. The first-order chi connectivity index (χ1) is 18.4. The van der Waals surface area contributed by atoms with Crippen LogP contribution in [0, 0.1) is 40.7 Å². The zero-order valence-corrected chi connectivity index (χ0v) is 22.3. The maximum Gasteiger partial charge on any atom is 0.255 e. The molecular weight excluding hydrogens is 510 g/mol. The minimum Gasteiger partial charge on any atom is -0.507 e. The lowest BCUT2D eigenvalue weighted by Crippen LogP contribution is -2.47. The van der Waals surface area contributed by atoms with E-state index in [0.717, 1.165) is 51.7 Å². The predicted octanol–water partition coefficient (Wildman–Crippen LogP) is 5.60. The summed E-state index contributed by atoms with van der Waals surface area (Å²) in [5.41, 5.74) is 0.606. The summed E-state index contributed by atoms with van der Waals surface area (Å²) in [7, 11) is 0. The van der Waals surface area contributed by atoms with Gasteiger partial charge in [0, 0.05) is 32.7 Å². The fourth-order valence-corrected chi connectivity index (χ4v) is 5.88. The monoisotopic (exact) mass is 544 g/mol. The fourth-order valence-electron chi connectivity index (χ4n) is 5.72. The van der Waals surface area contributed by atoms with Crippen LogP contribution in [-0.4, -0.2) is 55.2 Å². The summed E-state index contributed by atoms with van der Waals surface area (Å²) in [6.07, 6.45) is 5.97. The second-order valence-electron chi connectivity index (χ2n) is 10.4. The Bertz CT molecular complexity index is 1140. The van der Waals surface area contributed by atoms with Gasteiger partial charge in [-0.15, -0.1) is 0 Å². The number of nitriles is 1. The molecule has 0 spiro atoms. The van der Waals surface area contributed by atoms with Crippen molar-refractivity contribution in [2.45, 2.75) is 38.5 Å². The Balaban J connectivity index is 1.14. The third-order valence-corrected chi connectivity index (χ3v) is 8.44. The molecule has 6 nitrogen and oxygen atoms in total. The van der Waals surface area contributed by atoms with Crippen molar-refractivity contribution >= 4 is 23.2 Å². The van der Waals surface area contributed by atoms with E-state index in [0.29, 0.717) is 43.6 Å². The van der Waals surface area contributed by atoms with Crippen LogP contribution in [0.5, 0.6) is 5.75 Å². The van der Waals surface area contributed by atoms with Crippen molar-refractivity contribution in [1.29, 1.82) is 5.26 Å². The third kappa shape index (κ3) is 6.95. The van der Waals surface area contributed by atoms with Crippen LogP contribution in [0.2, 0.25) is 5.02 Å². The highest BCUT2D eigenvalue weighted by molar-refractivity contribution is 6.31. The number of nitrogens with one attached hydrogen (secondary N) is 1. The molecule has 2 aromatic carbocycles. The maximum atomic E-state index is 14.4. The first-order valence-corrected chi connectivity index (χ1v) is 13.8. The highest BCUT2D eigenvalue weighted by atomic mass is 35.5. The van der Waals surface area contributed by atoms with Gasteiger partial charge in [-0.05, 0) is 68.3 Å². The number of anilines is 1. The van der Waals surface area contributed by atoms with Crippen molar-refractivity contribution in [2.24, 2.45) is 17.8 Å². The quantitative estimate of drug-likeness (QED) is 0.402. The van der Waals surface area contributed by atoms with Gasteiger partial charge in [-0.25, -0.2) is 8.78 Å². The molecule has 2 N–H and O–H groups in total. The van der Waals surface area contributed by atoms with Crippen molar-refractivity contribution in [3.8, 4) is 11.8 Å². The Morgan fingerprint density at radius 3 is 2.50 bits per heavy atom. The van der Waals surface area contributed by atoms with Crippen molar-refractivity contribution in [1.82, 2.24) is 10.2 Å². The highest BCUT2D eigenvalue weighted by Crippen LogP contribution is 2.36. The number of carbonyl (C=O) groups is 1. The number of para-hydroxylation sites is 1. The Kier molecular flexibility index (Phi) is 9.81. The van der Waals surface area contributed by atoms with Gasteiger partial charge in [0.25, 0.3) is 5.91 Å². The maximum absolute atomic E-state index is 14.4. The summed E-state index contributed by atoms with van der Waals surface area (Å²) in [6, 6.07) is 11.6. The highest BCUT2D eigenvalue weighted by Gasteiger charge is 2.28. The van der Waals surface area contributed by atoms with Gasteiger partial charge in [-0.2, -0.15) is 5.26 Å². The van der Waals surface area contributed by atoms with E-state index in [-0.39, 0.29) is 23.1 Å². The first kappa shape index (κ1) is 28.1. The van der Waals surface area contributed by atoms with Crippen molar-refractivity contribution in [2.75, 3.05) is 44.2 Å². The molecule has 9 heteroatoms. The average Bonchev–Trinajstić information content (AvgIpc) is 2.94. The van der Waals surface area contributed by atoms with Gasteiger partial charge in [0.1, 0.15) is 16.6 Å². The predicted molar refractivity (Wildman–Crippen MR) is 144 cm³/mol. The zero-order valence-electron chi connectivity index (χ0n) is 21.5. The molecular formula is C29H35ClF2N4O2. The molecule has 1 atom stereocenters. The Morgan fingerprint density at radius 2 is 1.82 bits per heavy atom. The molecule has 1 aliphatic carbocycles. The van der Waals surface area contributed by atoms with E-state index in [1.807, 2.05) is 4.90 Å². The van der Waals surface area contributed by atoms with E-state index in [9.17, 15) is 23.9 Å². The molecule has 1 heterocycles. The number of carbonyl (C=O) groups excluding carboxylic acids is 1. The van der Waals surface area contributed by atoms with Crippen LogP contribution < -0.4 is 10.2 Å². The molecule has 1 unspecified atom stereocenters. The normalized spacial score (nSPS) is 21.1. The number of amides is 1. The van der Waals surface area contributed by atoms with Crippen LogP contribution in [-0.2, 0) is 0 Å². The zero-order chi connectivity index (χ0) is 27.1. The van der Waals surface area contributed by atoms with Gasteiger partial charge >= 0.3 is 0 Å². The molecule has 1 saturated carbocycles. The Morgan fingerprint density at radius 1 is 1.11 bits per heavy atom. The Labute approximate surface area is 228 Å². The van der Waals surface area contributed by atoms with Crippen LogP contribution in [0.4, 0.5) is 14.5 Å². The van der Waals surface area contributed by atoms with E-state index in [4.69, 9.17) is 11.6 Å². The van der Waals surface area contributed by atoms with Crippen LogP contribution in [0.3, 0.4) is 0 Å². The molecule has 0 bridgehead atoms. The summed E-state index contributed by atoms with van der Waals surface area (Å²) >= 11 is 5.74. The van der Waals surface area contributed by atoms with E-state index in [1.165, 1.54) is 18.2 Å². The number of rotatable bonds is 9. The summed E-state index contributed by atoms with van der Waals surface area (Å²) in [5, 5.41) is 21.9. The number of aromatic hydroxyl groups is 1. The Hall–Kier alpha value is -2.89. The minimum atomic E-state index is -0.738. The van der Waals surface area contributed by atoms with Crippen LogP contribution in [0.15, 0.2) is 36.4 Å². The lowest BCUT2D eigenvalue weighted by atomic mass is 9.74. The first-order valence-electron chi connectivity index (χ1n) is 13.4. The molecule has 2 aliphatic rings. The van der Waals surface area contributed by atoms with Crippen molar-refractivity contribution in [3.05, 3.63) is 58.6 Å². The SMILES string of the molecule is N#CC(CCNC(=O)c1ccccc1O)C1CCC(CCN2CCN(c3ccc(F)c(Cl)c3F)CC2)CC1. The lowest BCUT2D eigenvalue weighted by Gasteiger charge is -2.37. The van der Waals surface area contributed by atoms with E-state index >= 15 is 0 Å². The fraction of sp³-hybridized carbons (Fsp3) is 0.517. The molecule has 0 radical (unpaired) electrons. The molecule has 0 aromatic heterocycles. The number of nitrogens with zero attached hydrogens (tertiary/aromatic N) is 3. The van der Waals surface area contributed by atoms with Crippen LogP contribution >= 0.6 is 11.6 Å². The number of hydrogen-bond donors (Lipinski definition) is 2. The second-order valence-corrected chi connectivity index (χ2v) is 10.8. The standard InChI is InChI=1S/C29H35ClF2N4O2/c30-27-24(31)9-10-25(28(27)32)36-17-15-35(16-18-36)14-12-20-5-7-21(8-6-20)22(19-33)11-13-34-29(38)23-3-1-2-4-26(23)37/h1-4,9-10,20-22,37H,5-8,11-18H2,(H,34,38). The van der Waals surface area contributed by atoms with Gasteiger partial charge in [-0.1, -0.05) is 36.6 Å². The van der Waals surface area contributed by atoms with Gasteiger partial charge in [0.2, 0.25) is 0 Å². The smallest absolute Gasteiger partial charge is 0.255 e. The van der Waals surface area contributed by atoms with E-state index < -0.39 is 16.7 Å². The second kappa shape index (κ2) is 13.3. The number of phenols is 1. The molecule has 2 fully saturated rings. The summed E-state index contributed by atoms with van der Waals surface area (Å²) in [4.78, 5) is 16.6. The number of benzene rings is 2. The van der Waals surface area contributed by atoms with Crippen molar-refractivity contribution in [3.63, 3.8) is 0 Å². The topological polar surface area (TPSA) is 79.6 Å². The van der Waals surface area contributed by atoms with E-state index in [1.54, 1.807) is 18.2 Å². The van der Waals surface area contributed by atoms with E-state index in [2.05, 4.69) is 16.3 Å². The average molecular weight is 545 g/mol. The number of hydrogen-bond acceptors (Lipinski definition) is 5. The van der Waals surface area contributed by atoms with Gasteiger partial charge in [0.05, 0.1) is 23.2 Å². The molecule has 1 saturated heterocycles. The largest absolute Gasteiger partial charge is 0.507 e. The van der Waals surface area contributed by atoms with Crippen LogP contribution in [0.25, 0.3) is 0 Å². The van der Waals surface area contributed by atoms with Crippen molar-refractivity contribution < 1.29 is 18.7 Å². The summed E-state index contributed by atoms with van der Waals surface area (Å²) in [6.45, 7) is 4.41. The molecule has 38 heavy (non-hydrogen) atoms. The lowest BCUT2D eigenvalue weighted by molar-refractivity contribution is 0.0947. The number of phenolic OH excluding ortho intramolecular Hbond substituents is 1. The molecule has 204 valence electrons. The van der Waals surface area contributed by atoms with Gasteiger partial charge < -0.3 is 15.3 Å². The number of halogens is 3. The summed E-state index contributed by atoms with van der Waals surface area (Å²) in [5.74, 6) is -0.903.